The second-order valence-electron chi connectivity index (χ2n) is 2.71. The van der Waals surface area contributed by atoms with Crippen LogP contribution in [-0.4, -0.2) is 0 Å². The first-order valence-corrected chi connectivity index (χ1v) is 3.74. The maximum atomic E-state index is 7.66. The third-order valence-corrected chi connectivity index (χ3v) is 1.92. The molecule has 54 valence electrons. The van der Waals surface area contributed by atoms with E-state index in [2.05, 4.69) is 19.1 Å². The lowest BCUT2D eigenvalue weighted by Gasteiger charge is -1.98. The van der Waals surface area contributed by atoms with Crippen LogP contribution < -0.4 is 0 Å². The zero-order valence-corrected chi connectivity index (χ0v) is 6.46. The maximum Gasteiger partial charge on any atom is 0.0629 e. The van der Waals surface area contributed by atoms with E-state index in [1.807, 2.05) is 24.3 Å². The summed E-state index contributed by atoms with van der Waals surface area (Å²) in [7, 11) is 0. The first-order valence-electron chi connectivity index (χ1n) is 4.24. The van der Waals surface area contributed by atoms with Crippen LogP contribution >= 0.6 is 0 Å². The molecule has 2 aromatic rings. The van der Waals surface area contributed by atoms with Gasteiger partial charge in [0.25, 0.3) is 0 Å². The maximum absolute atomic E-state index is 7.66. The van der Waals surface area contributed by atoms with Gasteiger partial charge in [-0.3, -0.25) is 0 Å². The Kier molecular flexibility index (Phi) is 1.16. The number of rotatable bonds is 0. The minimum absolute atomic E-state index is 0.608. The molecule has 11 heavy (non-hydrogen) atoms. The Hall–Kier alpha value is -1.30. The molecule has 0 aliphatic heterocycles. The summed E-state index contributed by atoms with van der Waals surface area (Å²) in [6.07, 6.45) is 0. The minimum atomic E-state index is 0.608. The van der Waals surface area contributed by atoms with Gasteiger partial charge in [-0.25, -0.2) is 0 Å². The van der Waals surface area contributed by atoms with Crippen LogP contribution in [0.1, 0.15) is 6.93 Å². The topological polar surface area (TPSA) is 0 Å². The smallest absolute Gasteiger partial charge is 0.0616 e. The first kappa shape index (κ1) is 5.36. The molecular formula is C11H10. The monoisotopic (exact) mass is 144 g/mol. The fourth-order valence-electron chi connectivity index (χ4n) is 1.31. The van der Waals surface area contributed by atoms with Gasteiger partial charge >= 0.3 is 0 Å². The van der Waals surface area contributed by atoms with Gasteiger partial charge in [0.05, 0.1) is 1.37 Å². The van der Waals surface area contributed by atoms with Gasteiger partial charge in [0, 0.05) is 0 Å². The molecular weight excluding hydrogens is 132 g/mol. The Labute approximate surface area is 67.9 Å². The minimum Gasteiger partial charge on any atom is -0.0616 e. The summed E-state index contributed by atoms with van der Waals surface area (Å²) in [5.41, 5.74) is 1.24. The van der Waals surface area contributed by atoms with Crippen LogP contribution in [0.25, 0.3) is 10.8 Å². The number of aryl methyl sites for hydroxylation is 1. The largest absolute Gasteiger partial charge is 0.0629 e. The Morgan fingerprint density at radius 2 is 2.00 bits per heavy atom. The molecule has 0 saturated carbocycles. The predicted octanol–water partition coefficient (Wildman–Crippen LogP) is 3.15. The zero-order chi connectivity index (χ0) is 8.55. The molecule has 0 fully saturated rings. The molecule has 2 rings (SSSR count). The van der Waals surface area contributed by atoms with Crippen LogP contribution in [0.2, 0.25) is 0 Å². The van der Waals surface area contributed by atoms with Crippen molar-refractivity contribution in [1.82, 2.24) is 0 Å². The van der Waals surface area contributed by atoms with Crippen molar-refractivity contribution in [3.63, 3.8) is 0 Å². The third kappa shape index (κ3) is 1.01. The number of hydrogen-bond donors (Lipinski definition) is 0. The van der Waals surface area contributed by atoms with Crippen LogP contribution in [0.3, 0.4) is 0 Å². The molecule has 0 heteroatoms. The van der Waals surface area contributed by atoms with Gasteiger partial charge in [-0.2, -0.15) is 0 Å². The van der Waals surface area contributed by atoms with Crippen LogP contribution in [0, 0.1) is 6.92 Å². The van der Waals surface area contributed by atoms with E-state index in [-0.39, 0.29) is 0 Å². The Balaban J connectivity index is 2.94. The van der Waals surface area contributed by atoms with Crippen molar-refractivity contribution in [2.75, 3.05) is 0 Å². The summed E-state index contributed by atoms with van der Waals surface area (Å²) in [6, 6.07) is 12.5. The van der Waals surface area contributed by atoms with Gasteiger partial charge < -0.3 is 0 Å². The van der Waals surface area contributed by atoms with Gasteiger partial charge in [0.2, 0.25) is 0 Å². The molecule has 0 spiro atoms. The zero-order valence-electron chi connectivity index (χ0n) is 7.46. The fourth-order valence-corrected chi connectivity index (χ4v) is 1.31. The molecule has 0 heterocycles. The highest BCUT2D eigenvalue weighted by Crippen LogP contribution is 2.16. The summed E-state index contributed by atoms with van der Waals surface area (Å²) in [4.78, 5) is 0. The highest BCUT2D eigenvalue weighted by molar-refractivity contribution is 5.85. The van der Waals surface area contributed by atoms with E-state index in [0.717, 1.165) is 5.39 Å². The van der Waals surface area contributed by atoms with E-state index >= 15 is 0 Å². The van der Waals surface area contributed by atoms with Gasteiger partial charge in [-0.05, 0) is 23.3 Å². The first-order chi connectivity index (χ1) is 5.79. The molecule has 0 saturated heterocycles. The lowest BCUT2D eigenvalue weighted by molar-refractivity contribution is 1.53. The van der Waals surface area contributed by atoms with Gasteiger partial charge in [-0.15, -0.1) is 0 Å². The van der Waals surface area contributed by atoms with Gasteiger partial charge in [0.1, 0.15) is 0 Å². The summed E-state index contributed by atoms with van der Waals surface area (Å²) in [5.74, 6) is 0. The number of fused-ring (bicyclic) bond motifs is 1. The van der Waals surface area contributed by atoms with Crippen molar-refractivity contribution in [2.24, 2.45) is 0 Å². The normalized spacial score (nSPS) is 11.5. The van der Waals surface area contributed by atoms with Gasteiger partial charge in [0.15, 0.2) is 0 Å². The molecule has 0 unspecified atom stereocenters. The quantitative estimate of drug-likeness (QED) is 0.532. The number of hydrogen-bond acceptors (Lipinski definition) is 0. The van der Waals surface area contributed by atoms with E-state index in [9.17, 15) is 0 Å². The summed E-state index contributed by atoms with van der Waals surface area (Å²) >= 11 is 0. The van der Waals surface area contributed by atoms with Crippen molar-refractivity contribution < 1.29 is 1.37 Å². The highest BCUT2D eigenvalue weighted by atomic mass is 14.0. The van der Waals surface area contributed by atoms with E-state index in [1.54, 1.807) is 0 Å². The Bertz CT molecular complexity index is 377. The van der Waals surface area contributed by atoms with E-state index in [0.29, 0.717) is 6.04 Å². The molecule has 0 aliphatic carbocycles. The van der Waals surface area contributed by atoms with Crippen LogP contribution in [0.5, 0.6) is 0 Å². The highest BCUT2D eigenvalue weighted by Gasteiger charge is 1.91. The second-order valence-corrected chi connectivity index (χ2v) is 2.71. The standard InChI is InChI=1S/C11H10/c1-9-5-4-7-10-6-2-3-8-11(9)10/h2-8H,1H3/i6T. The predicted molar refractivity (Wildman–Crippen MR) is 48.7 cm³/mol. The van der Waals surface area contributed by atoms with Crippen molar-refractivity contribution >= 4 is 10.8 Å². The molecule has 0 amide bonds. The van der Waals surface area contributed by atoms with Crippen molar-refractivity contribution in [3.8, 4) is 0 Å². The van der Waals surface area contributed by atoms with Crippen LogP contribution in [0.15, 0.2) is 42.4 Å². The van der Waals surface area contributed by atoms with Gasteiger partial charge in [-0.1, -0.05) is 42.4 Å². The average Bonchev–Trinajstić information content (AvgIpc) is 2.07. The molecule has 0 radical (unpaired) electrons. The molecule has 0 nitrogen and oxygen atoms in total. The van der Waals surface area contributed by atoms with Crippen molar-refractivity contribution in [1.29, 1.82) is 0 Å². The summed E-state index contributed by atoms with van der Waals surface area (Å²) in [6.45, 7) is 2.07. The van der Waals surface area contributed by atoms with E-state index in [4.69, 9.17) is 1.37 Å². The summed E-state index contributed by atoms with van der Waals surface area (Å²) < 4.78 is 7.66. The molecule has 0 aliphatic rings. The Morgan fingerprint density at radius 3 is 2.82 bits per heavy atom. The van der Waals surface area contributed by atoms with Crippen LogP contribution in [0.4, 0.5) is 0 Å². The fraction of sp³-hybridized carbons (Fsp3) is 0.0909. The van der Waals surface area contributed by atoms with Crippen LogP contribution in [-0.2, 0) is 0 Å². The lowest BCUT2D eigenvalue weighted by atomic mass is 10.1. The molecule has 0 atom stereocenters. The van der Waals surface area contributed by atoms with E-state index < -0.39 is 0 Å². The summed E-state index contributed by atoms with van der Waals surface area (Å²) in [5, 5.41) is 2.22. The van der Waals surface area contributed by atoms with Crippen molar-refractivity contribution in [3.05, 3.63) is 48.0 Å². The second kappa shape index (κ2) is 2.39. The Morgan fingerprint density at radius 1 is 1.09 bits per heavy atom. The molecule has 0 aromatic heterocycles. The average molecular weight is 144 g/mol. The molecule has 0 N–H and O–H groups in total. The third-order valence-electron chi connectivity index (χ3n) is 1.92. The van der Waals surface area contributed by atoms with Crippen molar-refractivity contribution in [2.45, 2.75) is 6.92 Å². The van der Waals surface area contributed by atoms with E-state index in [1.165, 1.54) is 10.9 Å². The lowest BCUT2D eigenvalue weighted by Crippen LogP contribution is -1.75. The number of benzene rings is 2. The SMILES string of the molecule is [3H]c1cccc2c(C)cccc12. The molecule has 2 aromatic carbocycles. The molecule has 0 bridgehead atoms.